The molecule has 102 valence electrons. The van der Waals surface area contributed by atoms with Crippen molar-refractivity contribution in [2.24, 2.45) is 0 Å². The molecule has 0 aromatic carbocycles. The molecule has 0 radical (unpaired) electrons. The Labute approximate surface area is 112 Å². The lowest BCUT2D eigenvalue weighted by molar-refractivity contribution is 0.0944. The number of anilines is 1. The van der Waals surface area contributed by atoms with E-state index in [2.05, 4.69) is 22.2 Å². The van der Waals surface area contributed by atoms with Crippen molar-refractivity contribution < 1.29 is 4.79 Å². The summed E-state index contributed by atoms with van der Waals surface area (Å²) < 4.78 is 1.89. The van der Waals surface area contributed by atoms with Crippen LogP contribution in [0.2, 0.25) is 0 Å². The standard InChI is InChI=1S/C13H19N5O/c1-2-5-18-8-10(14)6-12(18)13(19)16-4-3-11-7-15-9-17-11/h6-9H,2-5,14H2,1H3,(H,15,17)(H,16,19). The first-order valence-corrected chi connectivity index (χ1v) is 6.41. The molecule has 6 heteroatoms. The highest BCUT2D eigenvalue weighted by Gasteiger charge is 2.11. The van der Waals surface area contributed by atoms with Crippen LogP contribution in [0.15, 0.2) is 24.8 Å². The molecular formula is C13H19N5O. The Morgan fingerprint density at radius 3 is 3.11 bits per heavy atom. The van der Waals surface area contributed by atoms with Crippen molar-refractivity contribution in [3.63, 3.8) is 0 Å². The highest BCUT2D eigenvalue weighted by molar-refractivity contribution is 5.93. The van der Waals surface area contributed by atoms with Gasteiger partial charge in [-0.2, -0.15) is 0 Å². The van der Waals surface area contributed by atoms with E-state index < -0.39 is 0 Å². The van der Waals surface area contributed by atoms with E-state index in [9.17, 15) is 4.79 Å². The number of rotatable bonds is 6. The van der Waals surface area contributed by atoms with E-state index in [4.69, 9.17) is 5.73 Å². The van der Waals surface area contributed by atoms with Gasteiger partial charge in [-0.15, -0.1) is 0 Å². The van der Waals surface area contributed by atoms with Gasteiger partial charge in [0.25, 0.3) is 5.91 Å². The maximum absolute atomic E-state index is 12.1. The maximum Gasteiger partial charge on any atom is 0.267 e. The van der Waals surface area contributed by atoms with E-state index in [0.29, 0.717) is 17.9 Å². The first kappa shape index (κ1) is 13.2. The lowest BCUT2D eigenvalue weighted by Crippen LogP contribution is -2.27. The van der Waals surface area contributed by atoms with Crippen LogP contribution in [0.1, 0.15) is 29.5 Å². The van der Waals surface area contributed by atoms with Crippen LogP contribution in [-0.2, 0) is 13.0 Å². The minimum Gasteiger partial charge on any atom is -0.397 e. The average Bonchev–Trinajstić information content (AvgIpc) is 2.99. The van der Waals surface area contributed by atoms with Crippen LogP contribution in [0, 0.1) is 0 Å². The van der Waals surface area contributed by atoms with Crippen molar-refractivity contribution in [1.82, 2.24) is 19.9 Å². The molecule has 6 nitrogen and oxygen atoms in total. The Kier molecular flexibility index (Phi) is 4.22. The van der Waals surface area contributed by atoms with Gasteiger partial charge in [0.2, 0.25) is 0 Å². The van der Waals surface area contributed by atoms with Gasteiger partial charge in [-0.1, -0.05) is 6.92 Å². The van der Waals surface area contributed by atoms with E-state index in [1.54, 1.807) is 24.8 Å². The summed E-state index contributed by atoms with van der Waals surface area (Å²) in [4.78, 5) is 19.0. The lowest BCUT2D eigenvalue weighted by atomic mass is 10.3. The second kappa shape index (κ2) is 6.08. The Morgan fingerprint density at radius 2 is 2.42 bits per heavy atom. The van der Waals surface area contributed by atoms with Crippen molar-refractivity contribution in [2.75, 3.05) is 12.3 Å². The van der Waals surface area contributed by atoms with Crippen LogP contribution in [0.5, 0.6) is 0 Å². The zero-order chi connectivity index (χ0) is 13.7. The second-order valence-electron chi connectivity index (χ2n) is 4.43. The first-order chi connectivity index (χ1) is 9.20. The van der Waals surface area contributed by atoms with Crippen molar-refractivity contribution in [2.45, 2.75) is 26.3 Å². The number of hydrogen-bond donors (Lipinski definition) is 3. The van der Waals surface area contributed by atoms with Crippen LogP contribution in [0.3, 0.4) is 0 Å². The van der Waals surface area contributed by atoms with Crippen molar-refractivity contribution in [1.29, 1.82) is 0 Å². The highest BCUT2D eigenvalue weighted by Crippen LogP contribution is 2.11. The summed E-state index contributed by atoms with van der Waals surface area (Å²) in [7, 11) is 0. The fraction of sp³-hybridized carbons (Fsp3) is 0.385. The number of carbonyl (C=O) groups excluding carboxylic acids is 1. The number of nitrogens with zero attached hydrogens (tertiary/aromatic N) is 2. The summed E-state index contributed by atoms with van der Waals surface area (Å²) in [6, 6.07) is 1.71. The van der Waals surface area contributed by atoms with Crippen molar-refractivity contribution in [3.05, 3.63) is 36.2 Å². The van der Waals surface area contributed by atoms with Gasteiger partial charge in [0.05, 0.1) is 12.0 Å². The molecule has 0 saturated heterocycles. The van der Waals surface area contributed by atoms with E-state index in [-0.39, 0.29) is 5.91 Å². The minimum absolute atomic E-state index is 0.0929. The molecule has 0 unspecified atom stereocenters. The average molecular weight is 261 g/mol. The van der Waals surface area contributed by atoms with Crippen LogP contribution >= 0.6 is 0 Å². The number of H-pyrrole nitrogens is 1. The minimum atomic E-state index is -0.0929. The number of imidazole rings is 1. The molecule has 0 saturated carbocycles. The van der Waals surface area contributed by atoms with Crippen molar-refractivity contribution >= 4 is 11.6 Å². The first-order valence-electron chi connectivity index (χ1n) is 6.41. The molecule has 2 aromatic heterocycles. The SMILES string of the molecule is CCCn1cc(N)cc1C(=O)NCCc1cnc[nH]1. The third-order valence-electron chi connectivity index (χ3n) is 2.85. The predicted octanol–water partition coefficient (Wildman–Crippen LogP) is 1.18. The molecule has 1 amide bonds. The third-order valence-corrected chi connectivity index (χ3v) is 2.85. The third kappa shape index (κ3) is 3.37. The number of aromatic amines is 1. The Balaban J connectivity index is 1.92. The topological polar surface area (TPSA) is 88.7 Å². The van der Waals surface area contributed by atoms with Crippen molar-refractivity contribution in [3.8, 4) is 0 Å². The number of nitrogens with one attached hydrogen (secondary N) is 2. The van der Waals surface area contributed by atoms with Gasteiger partial charge in [-0.05, 0) is 12.5 Å². The van der Waals surface area contributed by atoms with Crippen LogP contribution in [0.4, 0.5) is 5.69 Å². The molecule has 0 aliphatic rings. The number of aromatic nitrogens is 3. The Bertz CT molecular complexity index is 529. The monoisotopic (exact) mass is 261 g/mol. The molecule has 0 aliphatic carbocycles. The molecule has 19 heavy (non-hydrogen) atoms. The number of aryl methyl sites for hydroxylation is 1. The van der Waals surface area contributed by atoms with Crippen LogP contribution in [-0.4, -0.2) is 27.0 Å². The van der Waals surface area contributed by atoms with Crippen LogP contribution < -0.4 is 11.1 Å². The summed E-state index contributed by atoms with van der Waals surface area (Å²) in [5.74, 6) is -0.0929. The number of nitrogen functional groups attached to an aromatic ring is 1. The van der Waals surface area contributed by atoms with Gasteiger partial charge in [-0.25, -0.2) is 4.98 Å². The predicted molar refractivity (Wildman–Crippen MR) is 73.8 cm³/mol. The summed E-state index contributed by atoms with van der Waals surface area (Å²) in [6.07, 6.45) is 6.87. The Morgan fingerprint density at radius 1 is 1.58 bits per heavy atom. The van der Waals surface area contributed by atoms with E-state index in [0.717, 1.165) is 25.1 Å². The van der Waals surface area contributed by atoms with Gasteiger partial charge in [0.1, 0.15) is 5.69 Å². The van der Waals surface area contributed by atoms with Gasteiger partial charge in [0.15, 0.2) is 0 Å². The normalized spacial score (nSPS) is 10.6. The number of carbonyl (C=O) groups is 1. The zero-order valence-electron chi connectivity index (χ0n) is 11.0. The second-order valence-corrected chi connectivity index (χ2v) is 4.43. The number of amides is 1. The van der Waals surface area contributed by atoms with Gasteiger partial charge >= 0.3 is 0 Å². The molecule has 0 fully saturated rings. The number of hydrogen-bond acceptors (Lipinski definition) is 3. The molecule has 4 N–H and O–H groups in total. The summed E-state index contributed by atoms with van der Waals surface area (Å²) in [5, 5.41) is 2.89. The van der Waals surface area contributed by atoms with E-state index >= 15 is 0 Å². The van der Waals surface area contributed by atoms with Gasteiger partial charge in [0, 0.05) is 37.6 Å². The molecule has 0 spiro atoms. The quantitative estimate of drug-likeness (QED) is 0.729. The maximum atomic E-state index is 12.1. The van der Waals surface area contributed by atoms with Crippen LogP contribution in [0.25, 0.3) is 0 Å². The fourth-order valence-corrected chi connectivity index (χ4v) is 1.97. The van der Waals surface area contributed by atoms with Gasteiger partial charge < -0.3 is 20.6 Å². The molecule has 2 heterocycles. The lowest BCUT2D eigenvalue weighted by Gasteiger charge is -2.08. The van der Waals surface area contributed by atoms with Gasteiger partial charge in [-0.3, -0.25) is 4.79 Å². The molecule has 0 aliphatic heterocycles. The molecule has 0 bridgehead atoms. The molecule has 2 rings (SSSR count). The largest absolute Gasteiger partial charge is 0.397 e. The smallest absolute Gasteiger partial charge is 0.267 e. The summed E-state index contributed by atoms with van der Waals surface area (Å²) in [5.41, 5.74) is 7.98. The highest BCUT2D eigenvalue weighted by atomic mass is 16.1. The number of nitrogens with two attached hydrogens (primary N) is 1. The zero-order valence-corrected chi connectivity index (χ0v) is 11.0. The van der Waals surface area contributed by atoms with E-state index in [1.165, 1.54) is 0 Å². The summed E-state index contributed by atoms with van der Waals surface area (Å²) in [6.45, 7) is 3.43. The van der Waals surface area contributed by atoms with E-state index in [1.807, 2.05) is 4.57 Å². The molecule has 2 aromatic rings. The Hall–Kier alpha value is -2.24. The molecule has 0 atom stereocenters. The fourth-order valence-electron chi connectivity index (χ4n) is 1.97. The summed E-state index contributed by atoms with van der Waals surface area (Å²) >= 11 is 0. The molecular weight excluding hydrogens is 242 g/mol.